The molecular formula is C17H16N4O2S. The molecule has 0 fully saturated rings. The minimum absolute atomic E-state index is 0.209. The van der Waals surface area contributed by atoms with E-state index in [0.717, 1.165) is 17.0 Å². The molecule has 1 amide bonds. The minimum atomic E-state index is -0.209. The van der Waals surface area contributed by atoms with E-state index < -0.39 is 0 Å². The molecule has 0 spiro atoms. The van der Waals surface area contributed by atoms with Crippen LogP contribution in [0.3, 0.4) is 0 Å². The quantitative estimate of drug-likeness (QED) is 0.770. The summed E-state index contributed by atoms with van der Waals surface area (Å²) in [7, 11) is 0. The second-order valence-electron chi connectivity index (χ2n) is 5.28. The predicted molar refractivity (Wildman–Crippen MR) is 92.3 cm³/mol. The van der Waals surface area contributed by atoms with E-state index in [-0.39, 0.29) is 5.91 Å². The number of nitrogens with zero attached hydrogens (tertiary/aromatic N) is 3. The van der Waals surface area contributed by atoms with Gasteiger partial charge < -0.3 is 10.1 Å². The Morgan fingerprint density at radius 3 is 2.62 bits per heavy atom. The molecule has 0 unspecified atom stereocenters. The van der Waals surface area contributed by atoms with Gasteiger partial charge in [0, 0.05) is 11.8 Å². The van der Waals surface area contributed by atoms with Crippen molar-refractivity contribution in [3.8, 4) is 5.75 Å². The molecule has 3 aromatic rings. The molecule has 6 nitrogen and oxygen atoms in total. The van der Waals surface area contributed by atoms with Crippen molar-refractivity contribution in [2.75, 3.05) is 5.32 Å². The van der Waals surface area contributed by atoms with Crippen LogP contribution in [0.25, 0.3) is 0 Å². The maximum atomic E-state index is 12.2. The number of ether oxygens (including phenoxy) is 1. The van der Waals surface area contributed by atoms with Gasteiger partial charge in [0.1, 0.15) is 23.9 Å². The molecule has 0 bridgehead atoms. The van der Waals surface area contributed by atoms with Crippen LogP contribution in [0.1, 0.15) is 27.3 Å². The molecule has 2 aromatic heterocycles. The van der Waals surface area contributed by atoms with E-state index in [4.69, 9.17) is 4.74 Å². The first-order valence-corrected chi connectivity index (χ1v) is 8.10. The Hall–Kier alpha value is -2.80. The first kappa shape index (κ1) is 16.1. The maximum absolute atomic E-state index is 12.2. The van der Waals surface area contributed by atoms with Gasteiger partial charge in [-0.05, 0) is 55.8 Å². The molecule has 0 radical (unpaired) electrons. The van der Waals surface area contributed by atoms with E-state index >= 15 is 0 Å². The van der Waals surface area contributed by atoms with E-state index in [2.05, 4.69) is 19.0 Å². The Labute approximate surface area is 143 Å². The summed E-state index contributed by atoms with van der Waals surface area (Å²) in [6, 6.07) is 10.6. The van der Waals surface area contributed by atoms with Crippen LogP contribution in [0, 0.1) is 13.8 Å². The molecule has 0 atom stereocenters. The van der Waals surface area contributed by atoms with Crippen LogP contribution < -0.4 is 10.1 Å². The third kappa shape index (κ3) is 3.94. The lowest BCUT2D eigenvalue weighted by Gasteiger charge is -2.07. The largest absolute Gasteiger partial charge is 0.487 e. The Morgan fingerprint density at radius 2 is 1.96 bits per heavy atom. The molecule has 3 rings (SSSR count). The summed E-state index contributed by atoms with van der Waals surface area (Å²) in [4.78, 5) is 16.3. The summed E-state index contributed by atoms with van der Waals surface area (Å²) < 4.78 is 13.9. The highest BCUT2D eigenvalue weighted by molar-refractivity contribution is 6.99. The van der Waals surface area contributed by atoms with Crippen molar-refractivity contribution in [2.45, 2.75) is 20.5 Å². The molecule has 24 heavy (non-hydrogen) atoms. The van der Waals surface area contributed by atoms with Crippen molar-refractivity contribution in [1.29, 1.82) is 0 Å². The zero-order valence-corrected chi connectivity index (χ0v) is 14.1. The highest BCUT2D eigenvalue weighted by Crippen LogP contribution is 2.16. The van der Waals surface area contributed by atoms with E-state index in [1.165, 1.54) is 11.7 Å². The number of nitrogens with one attached hydrogen (secondary N) is 1. The standard InChI is InChI=1S/C17H16N4O2S/c1-11-7-8-18-16(9-11)19-17(22)13-3-5-14(6-4-13)23-10-15-12(2)20-24-21-15/h3-9H,10H2,1-2H3,(H,18,19,22). The predicted octanol–water partition coefficient (Wildman–Crippen LogP) is 3.38. The molecule has 7 heteroatoms. The summed E-state index contributed by atoms with van der Waals surface area (Å²) in [5.74, 6) is 0.999. The zero-order valence-electron chi connectivity index (χ0n) is 13.3. The van der Waals surface area contributed by atoms with E-state index in [1.54, 1.807) is 30.5 Å². The van der Waals surface area contributed by atoms with Crippen molar-refractivity contribution < 1.29 is 9.53 Å². The number of aryl methyl sites for hydroxylation is 2. The molecule has 1 N–H and O–H groups in total. The number of pyridine rings is 1. The van der Waals surface area contributed by atoms with Crippen LogP contribution >= 0.6 is 11.7 Å². The maximum Gasteiger partial charge on any atom is 0.256 e. The molecule has 2 heterocycles. The summed E-state index contributed by atoms with van der Waals surface area (Å²) in [5.41, 5.74) is 3.28. The number of carbonyl (C=O) groups is 1. The van der Waals surface area contributed by atoms with Crippen molar-refractivity contribution >= 4 is 23.5 Å². The van der Waals surface area contributed by atoms with Gasteiger partial charge in [0.15, 0.2) is 0 Å². The minimum Gasteiger partial charge on any atom is -0.487 e. The number of hydrogen-bond donors (Lipinski definition) is 1. The third-order valence-corrected chi connectivity index (χ3v) is 4.05. The molecule has 0 aliphatic carbocycles. The fraction of sp³-hybridized carbons (Fsp3) is 0.176. The molecule has 0 saturated carbocycles. The fourth-order valence-electron chi connectivity index (χ4n) is 2.03. The van der Waals surface area contributed by atoms with Crippen LogP contribution in [0.15, 0.2) is 42.6 Å². The number of rotatable bonds is 5. The monoisotopic (exact) mass is 340 g/mol. The lowest BCUT2D eigenvalue weighted by molar-refractivity contribution is 0.102. The fourth-order valence-corrected chi connectivity index (χ4v) is 2.58. The molecular weight excluding hydrogens is 324 g/mol. The van der Waals surface area contributed by atoms with Gasteiger partial charge in [-0.25, -0.2) is 4.98 Å². The van der Waals surface area contributed by atoms with Gasteiger partial charge >= 0.3 is 0 Å². The number of benzene rings is 1. The average Bonchev–Trinajstić information content (AvgIpc) is 2.98. The molecule has 0 saturated heterocycles. The van der Waals surface area contributed by atoms with Crippen molar-refractivity contribution in [3.63, 3.8) is 0 Å². The van der Waals surface area contributed by atoms with Gasteiger partial charge in [-0.15, -0.1) is 0 Å². The van der Waals surface area contributed by atoms with Crippen LogP contribution in [0.4, 0.5) is 5.82 Å². The number of carbonyl (C=O) groups excluding carboxylic acids is 1. The Kier molecular flexibility index (Phi) is 4.81. The normalized spacial score (nSPS) is 10.4. The number of aromatic nitrogens is 3. The first-order chi connectivity index (χ1) is 11.6. The van der Waals surface area contributed by atoms with Crippen LogP contribution in [-0.2, 0) is 6.61 Å². The van der Waals surface area contributed by atoms with Crippen LogP contribution in [-0.4, -0.2) is 19.6 Å². The van der Waals surface area contributed by atoms with E-state index in [9.17, 15) is 4.79 Å². The van der Waals surface area contributed by atoms with Crippen molar-refractivity contribution in [1.82, 2.24) is 13.7 Å². The lowest BCUT2D eigenvalue weighted by atomic mass is 10.2. The van der Waals surface area contributed by atoms with Gasteiger partial charge in [-0.1, -0.05) is 0 Å². The van der Waals surface area contributed by atoms with Gasteiger partial charge in [-0.2, -0.15) is 8.75 Å². The molecule has 122 valence electrons. The topological polar surface area (TPSA) is 77.0 Å². The zero-order chi connectivity index (χ0) is 16.9. The van der Waals surface area contributed by atoms with Gasteiger partial charge in [0.25, 0.3) is 5.91 Å². The highest BCUT2D eigenvalue weighted by atomic mass is 32.1. The summed E-state index contributed by atoms with van der Waals surface area (Å²) in [5, 5.41) is 2.77. The second kappa shape index (κ2) is 7.18. The molecule has 0 aliphatic heterocycles. The average molecular weight is 340 g/mol. The van der Waals surface area contributed by atoms with Gasteiger partial charge in [-0.3, -0.25) is 4.79 Å². The van der Waals surface area contributed by atoms with Crippen LogP contribution in [0.2, 0.25) is 0 Å². The van der Waals surface area contributed by atoms with Crippen molar-refractivity contribution in [3.05, 3.63) is 65.1 Å². The second-order valence-corrected chi connectivity index (χ2v) is 5.81. The number of amides is 1. The summed E-state index contributed by atoms with van der Waals surface area (Å²) in [6.45, 7) is 4.21. The smallest absolute Gasteiger partial charge is 0.256 e. The first-order valence-electron chi connectivity index (χ1n) is 7.37. The SMILES string of the molecule is Cc1ccnc(NC(=O)c2ccc(OCc3nsnc3C)cc2)c1. The van der Waals surface area contributed by atoms with Gasteiger partial charge in [0.05, 0.1) is 17.4 Å². The lowest BCUT2D eigenvalue weighted by Crippen LogP contribution is -2.12. The van der Waals surface area contributed by atoms with E-state index in [1.807, 2.05) is 26.0 Å². The third-order valence-electron chi connectivity index (χ3n) is 3.40. The Balaban J connectivity index is 1.61. The number of anilines is 1. The van der Waals surface area contributed by atoms with Crippen molar-refractivity contribution in [2.24, 2.45) is 0 Å². The number of hydrogen-bond acceptors (Lipinski definition) is 6. The summed E-state index contributed by atoms with van der Waals surface area (Å²) in [6.07, 6.45) is 1.66. The van der Waals surface area contributed by atoms with Crippen LogP contribution in [0.5, 0.6) is 5.75 Å². The summed E-state index contributed by atoms with van der Waals surface area (Å²) >= 11 is 1.17. The van der Waals surface area contributed by atoms with E-state index in [0.29, 0.717) is 23.7 Å². The molecule has 1 aromatic carbocycles. The Morgan fingerprint density at radius 1 is 1.17 bits per heavy atom. The highest BCUT2D eigenvalue weighted by Gasteiger charge is 2.08. The van der Waals surface area contributed by atoms with Gasteiger partial charge in [0.2, 0.25) is 0 Å². The molecule has 0 aliphatic rings. The Bertz CT molecular complexity index is 846.